The van der Waals surface area contributed by atoms with Gasteiger partial charge in [-0.3, -0.25) is 9.59 Å². The van der Waals surface area contributed by atoms with Crippen LogP contribution in [-0.2, 0) is 28.8 Å². The van der Waals surface area contributed by atoms with Crippen LogP contribution in [0.4, 0.5) is 4.79 Å². The van der Waals surface area contributed by atoms with E-state index in [4.69, 9.17) is 9.15 Å². The van der Waals surface area contributed by atoms with Crippen molar-refractivity contribution in [3.8, 4) is 11.1 Å². The summed E-state index contributed by atoms with van der Waals surface area (Å²) in [6.45, 7) is 2.13. The van der Waals surface area contributed by atoms with Crippen LogP contribution in [0.5, 0.6) is 0 Å². The van der Waals surface area contributed by atoms with E-state index in [0.29, 0.717) is 31.4 Å². The third-order valence-electron chi connectivity index (χ3n) is 7.60. The van der Waals surface area contributed by atoms with Crippen LogP contribution in [0.15, 0.2) is 95.4 Å². The lowest BCUT2D eigenvalue weighted by Crippen LogP contribution is -2.46. The second-order valence-electron chi connectivity index (χ2n) is 10.7. The Kier molecular flexibility index (Phi) is 9.29. The number of carbonyl (C=O) groups excluding carboxylic acids is 3. The number of aliphatic hydroxyl groups is 1. The van der Waals surface area contributed by atoms with Crippen LogP contribution >= 0.6 is 0 Å². The molecule has 0 spiro atoms. The van der Waals surface area contributed by atoms with Crippen molar-refractivity contribution in [2.75, 3.05) is 13.2 Å². The summed E-state index contributed by atoms with van der Waals surface area (Å²) in [6, 6.07) is 28.0. The van der Waals surface area contributed by atoms with Crippen molar-refractivity contribution < 1.29 is 28.6 Å². The number of aliphatic hydroxyl groups excluding tert-OH is 1. The molecule has 1 aromatic heterocycles. The molecule has 1 saturated heterocycles. The minimum absolute atomic E-state index is 0.0655. The summed E-state index contributed by atoms with van der Waals surface area (Å²) in [5.74, 6) is -1.55. The smallest absolute Gasteiger partial charge is 0.417 e. The van der Waals surface area contributed by atoms with Crippen molar-refractivity contribution in [3.05, 3.63) is 119 Å². The highest BCUT2D eigenvalue weighted by atomic mass is 16.6. The Balaban J connectivity index is 1.49. The summed E-state index contributed by atoms with van der Waals surface area (Å²) in [7, 11) is 0. The molecule has 0 unspecified atom stereocenters. The predicted molar refractivity (Wildman–Crippen MR) is 159 cm³/mol. The zero-order chi connectivity index (χ0) is 29.5. The number of furan rings is 1. The zero-order valence-electron chi connectivity index (χ0n) is 23.7. The second kappa shape index (κ2) is 13.4. The van der Waals surface area contributed by atoms with Crippen LogP contribution in [0.25, 0.3) is 11.1 Å². The van der Waals surface area contributed by atoms with Crippen molar-refractivity contribution in [1.82, 2.24) is 4.90 Å². The highest BCUT2D eigenvalue weighted by Gasteiger charge is 2.44. The monoisotopic (exact) mass is 565 g/mol. The fraction of sp³-hybridized carbons (Fsp3) is 0.286. The van der Waals surface area contributed by atoms with E-state index in [0.717, 1.165) is 32.7 Å². The molecule has 1 aliphatic rings. The summed E-state index contributed by atoms with van der Waals surface area (Å²) in [4.78, 5) is 42.3. The number of imide groups is 1. The van der Waals surface area contributed by atoms with E-state index < -0.39 is 29.7 Å². The van der Waals surface area contributed by atoms with Gasteiger partial charge in [0.2, 0.25) is 11.7 Å². The molecule has 3 aromatic carbocycles. The van der Waals surface area contributed by atoms with Crippen LogP contribution in [0.3, 0.4) is 0 Å². The number of amides is 2. The van der Waals surface area contributed by atoms with Gasteiger partial charge in [0.05, 0.1) is 6.04 Å². The third kappa shape index (κ3) is 6.69. The topological polar surface area (TPSA) is 97.1 Å². The van der Waals surface area contributed by atoms with Gasteiger partial charge in [0.25, 0.3) is 0 Å². The summed E-state index contributed by atoms with van der Waals surface area (Å²) in [5, 5.41) is 9.31. The molecule has 2 heterocycles. The predicted octanol–water partition coefficient (Wildman–Crippen LogP) is 6.20. The van der Waals surface area contributed by atoms with Gasteiger partial charge in [-0.1, -0.05) is 90.5 Å². The number of cyclic esters (lactones) is 1. The van der Waals surface area contributed by atoms with Gasteiger partial charge in [0.1, 0.15) is 18.3 Å². The molecule has 1 fully saturated rings. The maximum absolute atomic E-state index is 14.2. The lowest BCUT2D eigenvalue weighted by atomic mass is 9.91. The van der Waals surface area contributed by atoms with E-state index in [-0.39, 0.29) is 25.4 Å². The number of nitrogens with zero attached hydrogens (tertiary/aromatic N) is 1. The number of ether oxygens (including phenoxy) is 1. The van der Waals surface area contributed by atoms with E-state index >= 15 is 0 Å². The fourth-order valence-corrected chi connectivity index (χ4v) is 5.44. The normalized spacial score (nSPS) is 15.4. The van der Waals surface area contributed by atoms with Crippen LogP contribution in [-0.4, -0.2) is 47.0 Å². The second-order valence-corrected chi connectivity index (χ2v) is 10.7. The quantitative estimate of drug-likeness (QED) is 0.125. The molecular formula is C35H35NO6. The van der Waals surface area contributed by atoms with Gasteiger partial charge in [-0.15, -0.1) is 0 Å². The molecule has 42 heavy (non-hydrogen) atoms. The van der Waals surface area contributed by atoms with Crippen LogP contribution in [0.1, 0.15) is 45.8 Å². The first-order valence-corrected chi connectivity index (χ1v) is 14.4. The highest BCUT2D eigenvalue weighted by Crippen LogP contribution is 2.32. The number of ketones is 1. The molecule has 0 bridgehead atoms. The standard InChI is InChI=1S/C35H35NO6/c1-24-11-10-16-27(19-24)29-22-32(42-31(29)17-8-9-18-37)33(38)30(21-26-14-6-3-7-15-26)34(39)36-28(23-41-35(36)40)20-25-12-4-2-5-13-25/h2-7,10-16,19,22,28,30,37H,8-9,17-18,20-21,23H2,1H3/t28-,30-/m0/s1. The molecule has 5 rings (SSSR count). The number of unbranched alkanes of at least 4 members (excludes halogenated alkanes) is 1. The maximum atomic E-state index is 14.2. The first kappa shape index (κ1) is 29.0. The van der Waals surface area contributed by atoms with Crippen molar-refractivity contribution in [2.45, 2.75) is 45.1 Å². The fourth-order valence-electron chi connectivity index (χ4n) is 5.44. The lowest BCUT2D eigenvalue weighted by molar-refractivity contribution is -0.131. The van der Waals surface area contributed by atoms with Gasteiger partial charge >= 0.3 is 6.09 Å². The van der Waals surface area contributed by atoms with E-state index in [9.17, 15) is 19.5 Å². The SMILES string of the molecule is Cc1cccc(-c2cc(C(=O)[C@H](Cc3ccccc3)C(=O)N3C(=O)OC[C@@H]3Cc3ccccc3)oc2CCCCO)c1. The molecule has 7 heteroatoms. The van der Waals surface area contributed by atoms with Gasteiger partial charge in [-0.05, 0) is 55.4 Å². The third-order valence-corrected chi connectivity index (χ3v) is 7.60. The molecule has 1 N–H and O–H groups in total. The summed E-state index contributed by atoms with van der Waals surface area (Å²) < 4.78 is 11.5. The van der Waals surface area contributed by atoms with E-state index in [1.165, 1.54) is 0 Å². The Labute approximate surface area is 245 Å². The Morgan fingerprint density at radius 2 is 1.64 bits per heavy atom. The van der Waals surface area contributed by atoms with Gasteiger partial charge < -0.3 is 14.3 Å². The minimum atomic E-state index is -1.18. The van der Waals surface area contributed by atoms with Crippen molar-refractivity contribution in [1.29, 1.82) is 0 Å². The molecule has 2 amide bonds. The molecule has 0 saturated carbocycles. The summed E-state index contributed by atoms with van der Waals surface area (Å²) >= 11 is 0. The van der Waals surface area contributed by atoms with E-state index in [1.807, 2.05) is 91.9 Å². The summed E-state index contributed by atoms with van der Waals surface area (Å²) in [6.07, 6.45) is 1.62. The van der Waals surface area contributed by atoms with Gasteiger partial charge in [-0.2, -0.15) is 0 Å². The van der Waals surface area contributed by atoms with E-state index in [1.54, 1.807) is 6.07 Å². The van der Waals surface area contributed by atoms with E-state index in [2.05, 4.69) is 0 Å². The number of benzene rings is 3. The Morgan fingerprint density at radius 1 is 0.929 bits per heavy atom. The Bertz CT molecular complexity index is 1530. The average Bonchev–Trinajstić information content (AvgIpc) is 3.60. The van der Waals surface area contributed by atoms with Crippen LogP contribution in [0.2, 0.25) is 0 Å². The largest absolute Gasteiger partial charge is 0.457 e. The van der Waals surface area contributed by atoms with Crippen molar-refractivity contribution in [3.63, 3.8) is 0 Å². The van der Waals surface area contributed by atoms with Gasteiger partial charge in [0.15, 0.2) is 5.76 Å². The average molecular weight is 566 g/mol. The molecule has 2 atom stereocenters. The van der Waals surface area contributed by atoms with Crippen molar-refractivity contribution in [2.24, 2.45) is 5.92 Å². The Hall–Kier alpha value is -4.49. The maximum Gasteiger partial charge on any atom is 0.417 e. The molecule has 1 aliphatic heterocycles. The number of Topliss-reactive ketones (excluding diaryl/α,β-unsaturated/α-hetero) is 1. The number of carbonyl (C=O) groups is 3. The minimum Gasteiger partial charge on any atom is -0.457 e. The Morgan fingerprint density at radius 3 is 2.33 bits per heavy atom. The molecule has 7 nitrogen and oxygen atoms in total. The highest BCUT2D eigenvalue weighted by molar-refractivity contribution is 6.12. The number of hydrogen-bond acceptors (Lipinski definition) is 6. The van der Waals surface area contributed by atoms with Crippen LogP contribution in [0, 0.1) is 12.8 Å². The summed E-state index contributed by atoms with van der Waals surface area (Å²) in [5.41, 5.74) is 4.52. The first-order chi connectivity index (χ1) is 20.4. The molecular weight excluding hydrogens is 530 g/mol. The van der Waals surface area contributed by atoms with Crippen molar-refractivity contribution >= 4 is 17.8 Å². The van der Waals surface area contributed by atoms with Gasteiger partial charge in [-0.25, -0.2) is 9.69 Å². The molecule has 4 aromatic rings. The van der Waals surface area contributed by atoms with Crippen LogP contribution < -0.4 is 0 Å². The molecule has 216 valence electrons. The zero-order valence-corrected chi connectivity index (χ0v) is 23.7. The number of rotatable bonds is 12. The first-order valence-electron chi connectivity index (χ1n) is 14.4. The molecule has 0 radical (unpaired) electrons. The van der Waals surface area contributed by atoms with Gasteiger partial charge in [0, 0.05) is 18.6 Å². The lowest BCUT2D eigenvalue weighted by Gasteiger charge is -2.24. The number of hydrogen-bond donors (Lipinski definition) is 1. The number of aryl methyl sites for hydroxylation is 2. The molecule has 0 aliphatic carbocycles.